The predicted octanol–water partition coefficient (Wildman–Crippen LogP) is 3.17. The molecule has 1 unspecified atom stereocenters. The number of hydrogen-bond donors (Lipinski definition) is 1. The molecular formula is C20H24N4O. The standard InChI is InChI=1S/C20H24N4O/c1-13-10-20-22-12-18(15(3)24(20)23-13)14(2)21-8-6-16-4-5-19-17(11-16)7-9-25-19/h4-5,10-12,14,21H,6-9H2,1-3H3. The lowest BCUT2D eigenvalue weighted by Crippen LogP contribution is -2.23. The van der Waals surface area contributed by atoms with Gasteiger partial charge in [-0.15, -0.1) is 0 Å². The van der Waals surface area contributed by atoms with E-state index in [1.807, 2.05) is 23.7 Å². The topological polar surface area (TPSA) is 51.5 Å². The quantitative estimate of drug-likeness (QED) is 0.777. The van der Waals surface area contributed by atoms with Gasteiger partial charge in [0.1, 0.15) is 5.75 Å². The van der Waals surface area contributed by atoms with Crippen LogP contribution in [-0.2, 0) is 12.8 Å². The Labute approximate surface area is 148 Å². The molecule has 0 spiro atoms. The SMILES string of the molecule is Cc1cc2ncc(C(C)NCCc3ccc4c(c3)CCO4)c(C)n2n1. The summed E-state index contributed by atoms with van der Waals surface area (Å²) in [5, 5.41) is 8.15. The fourth-order valence-corrected chi connectivity index (χ4v) is 3.54. The number of nitrogens with zero attached hydrogens (tertiary/aromatic N) is 3. The van der Waals surface area contributed by atoms with Crippen LogP contribution in [0.5, 0.6) is 5.75 Å². The Hall–Kier alpha value is -2.40. The summed E-state index contributed by atoms with van der Waals surface area (Å²) < 4.78 is 7.51. The van der Waals surface area contributed by atoms with Gasteiger partial charge in [-0.1, -0.05) is 12.1 Å². The van der Waals surface area contributed by atoms with Crippen LogP contribution < -0.4 is 10.1 Å². The lowest BCUT2D eigenvalue weighted by atomic mass is 10.1. The third-order valence-electron chi connectivity index (χ3n) is 4.97. The highest BCUT2D eigenvalue weighted by Gasteiger charge is 2.14. The van der Waals surface area contributed by atoms with Crippen LogP contribution in [0.15, 0.2) is 30.5 Å². The lowest BCUT2D eigenvalue weighted by molar-refractivity contribution is 0.357. The summed E-state index contributed by atoms with van der Waals surface area (Å²) in [6, 6.07) is 8.79. The molecule has 5 nitrogen and oxygen atoms in total. The molecule has 0 saturated heterocycles. The predicted molar refractivity (Wildman–Crippen MR) is 98.2 cm³/mol. The van der Waals surface area contributed by atoms with Crippen molar-refractivity contribution in [2.24, 2.45) is 0 Å². The first-order chi connectivity index (χ1) is 12.1. The molecule has 0 fully saturated rings. The number of ether oxygens (including phenoxy) is 1. The highest BCUT2D eigenvalue weighted by Crippen LogP contribution is 2.26. The Morgan fingerprint density at radius 2 is 2.16 bits per heavy atom. The van der Waals surface area contributed by atoms with Gasteiger partial charge in [0.2, 0.25) is 0 Å². The maximum atomic E-state index is 5.57. The first kappa shape index (κ1) is 16.1. The molecule has 1 aliphatic heterocycles. The molecular weight excluding hydrogens is 312 g/mol. The fraction of sp³-hybridized carbons (Fsp3) is 0.400. The number of benzene rings is 1. The van der Waals surface area contributed by atoms with E-state index >= 15 is 0 Å². The minimum Gasteiger partial charge on any atom is -0.493 e. The van der Waals surface area contributed by atoms with E-state index in [1.54, 1.807) is 0 Å². The highest BCUT2D eigenvalue weighted by molar-refractivity contribution is 5.42. The molecule has 0 amide bonds. The van der Waals surface area contributed by atoms with Gasteiger partial charge in [0.25, 0.3) is 0 Å². The number of hydrogen-bond acceptors (Lipinski definition) is 4. The van der Waals surface area contributed by atoms with E-state index in [2.05, 4.69) is 47.4 Å². The number of aryl methyl sites for hydroxylation is 2. The molecule has 1 aliphatic rings. The molecule has 2 aromatic heterocycles. The molecule has 130 valence electrons. The molecule has 0 radical (unpaired) electrons. The van der Waals surface area contributed by atoms with Crippen molar-refractivity contribution < 1.29 is 4.74 Å². The number of nitrogens with one attached hydrogen (secondary N) is 1. The van der Waals surface area contributed by atoms with Gasteiger partial charge in [-0.25, -0.2) is 9.50 Å². The Balaban J connectivity index is 1.42. The first-order valence-electron chi connectivity index (χ1n) is 8.91. The van der Waals surface area contributed by atoms with E-state index in [-0.39, 0.29) is 6.04 Å². The number of fused-ring (bicyclic) bond motifs is 2. The molecule has 3 heterocycles. The third-order valence-corrected chi connectivity index (χ3v) is 4.97. The summed E-state index contributed by atoms with van der Waals surface area (Å²) in [5.74, 6) is 1.05. The van der Waals surface area contributed by atoms with E-state index in [9.17, 15) is 0 Å². The van der Waals surface area contributed by atoms with E-state index in [4.69, 9.17) is 4.74 Å². The van der Waals surface area contributed by atoms with Gasteiger partial charge < -0.3 is 10.1 Å². The van der Waals surface area contributed by atoms with Gasteiger partial charge in [-0.3, -0.25) is 0 Å². The van der Waals surface area contributed by atoms with Gasteiger partial charge in [0.15, 0.2) is 5.65 Å². The van der Waals surface area contributed by atoms with Crippen molar-refractivity contribution in [1.82, 2.24) is 19.9 Å². The molecule has 1 aromatic carbocycles. The molecule has 0 aliphatic carbocycles. The van der Waals surface area contributed by atoms with E-state index < -0.39 is 0 Å². The van der Waals surface area contributed by atoms with Crippen molar-refractivity contribution in [3.63, 3.8) is 0 Å². The van der Waals surface area contributed by atoms with Gasteiger partial charge >= 0.3 is 0 Å². The van der Waals surface area contributed by atoms with Crippen LogP contribution in [0.3, 0.4) is 0 Å². The summed E-state index contributed by atoms with van der Waals surface area (Å²) in [6.07, 6.45) is 4.00. The monoisotopic (exact) mass is 336 g/mol. The van der Waals surface area contributed by atoms with Gasteiger partial charge in [0.05, 0.1) is 12.3 Å². The zero-order chi connectivity index (χ0) is 17.4. The highest BCUT2D eigenvalue weighted by atomic mass is 16.5. The van der Waals surface area contributed by atoms with Crippen LogP contribution >= 0.6 is 0 Å². The Morgan fingerprint density at radius 3 is 3.04 bits per heavy atom. The largest absolute Gasteiger partial charge is 0.493 e. The number of rotatable bonds is 5. The average Bonchev–Trinajstić information content (AvgIpc) is 3.20. The molecule has 0 saturated carbocycles. The fourth-order valence-electron chi connectivity index (χ4n) is 3.54. The minimum absolute atomic E-state index is 0.235. The van der Waals surface area contributed by atoms with Gasteiger partial charge in [-0.2, -0.15) is 5.10 Å². The van der Waals surface area contributed by atoms with Crippen LogP contribution in [-0.4, -0.2) is 27.7 Å². The van der Waals surface area contributed by atoms with Crippen molar-refractivity contribution in [2.45, 2.75) is 39.7 Å². The Morgan fingerprint density at radius 1 is 1.28 bits per heavy atom. The summed E-state index contributed by atoms with van der Waals surface area (Å²) in [4.78, 5) is 4.54. The number of aromatic nitrogens is 3. The van der Waals surface area contributed by atoms with Crippen LogP contribution in [0.1, 0.15) is 41.0 Å². The molecule has 3 aromatic rings. The summed E-state index contributed by atoms with van der Waals surface area (Å²) in [7, 11) is 0. The van der Waals surface area contributed by atoms with Crippen LogP contribution in [0.4, 0.5) is 0 Å². The van der Waals surface area contributed by atoms with Crippen molar-refractivity contribution in [1.29, 1.82) is 0 Å². The second kappa shape index (κ2) is 6.48. The maximum absolute atomic E-state index is 5.57. The van der Waals surface area contributed by atoms with Crippen LogP contribution in [0, 0.1) is 13.8 Å². The molecule has 1 N–H and O–H groups in total. The summed E-state index contributed by atoms with van der Waals surface area (Å²) in [5.41, 5.74) is 6.94. The molecule has 0 bridgehead atoms. The average molecular weight is 336 g/mol. The summed E-state index contributed by atoms with van der Waals surface area (Å²) >= 11 is 0. The van der Waals surface area contributed by atoms with Crippen molar-refractivity contribution >= 4 is 5.65 Å². The Kier molecular flexibility index (Phi) is 4.17. The normalized spacial score (nSPS) is 14.5. The van der Waals surface area contributed by atoms with Crippen LogP contribution in [0.25, 0.3) is 5.65 Å². The smallest absolute Gasteiger partial charge is 0.155 e. The second-order valence-electron chi connectivity index (χ2n) is 6.82. The third kappa shape index (κ3) is 3.12. The van der Waals surface area contributed by atoms with E-state index in [0.29, 0.717) is 0 Å². The van der Waals surface area contributed by atoms with Crippen molar-refractivity contribution in [3.8, 4) is 5.75 Å². The molecule has 5 heteroatoms. The minimum atomic E-state index is 0.235. The molecule has 25 heavy (non-hydrogen) atoms. The molecule has 1 atom stereocenters. The van der Waals surface area contributed by atoms with E-state index in [1.165, 1.54) is 16.7 Å². The van der Waals surface area contributed by atoms with Gasteiger partial charge in [0, 0.05) is 36.0 Å². The van der Waals surface area contributed by atoms with Crippen molar-refractivity contribution in [3.05, 3.63) is 58.5 Å². The first-order valence-corrected chi connectivity index (χ1v) is 8.91. The van der Waals surface area contributed by atoms with Crippen molar-refractivity contribution in [2.75, 3.05) is 13.2 Å². The van der Waals surface area contributed by atoms with Gasteiger partial charge in [-0.05, 0) is 50.9 Å². The Bertz CT molecular complexity index is 915. The lowest BCUT2D eigenvalue weighted by Gasteiger charge is -2.17. The zero-order valence-electron chi connectivity index (χ0n) is 15.0. The maximum Gasteiger partial charge on any atom is 0.155 e. The van der Waals surface area contributed by atoms with Crippen LogP contribution in [0.2, 0.25) is 0 Å². The summed E-state index contributed by atoms with van der Waals surface area (Å²) in [6.45, 7) is 8.03. The zero-order valence-corrected chi connectivity index (χ0v) is 15.0. The van der Waals surface area contributed by atoms with E-state index in [0.717, 1.165) is 48.8 Å². The molecule has 4 rings (SSSR count). The second-order valence-corrected chi connectivity index (χ2v) is 6.82.